The van der Waals surface area contributed by atoms with Crippen LogP contribution in [0, 0.1) is 0 Å². The van der Waals surface area contributed by atoms with E-state index in [4.69, 9.17) is 27.9 Å². The Kier molecular flexibility index (Phi) is 4.85. The Morgan fingerprint density at radius 2 is 1.62 bits per heavy atom. The smallest absolute Gasteiger partial charge is 0.120 e. The van der Waals surface area contributed by atoms with Crippen molar-refractivity contribution in [1.29, 1.82) is 0 Å². The minimum Gasteiger partial charge on any atom is -0.497 e. The Morgan fingerprint density at radius 3 is 2.10 bits per heavy atom. The molecular formula is C18H20Cl2O. The fourth-order valence-corrected chi connectivity index (χ4v) is 2.84. The molecule has 1 atom stereocenters. The van der Waals surface area contributed by atoms with Crippen molar-refractivity contribution < 1.29 is 4.74 Å². The van der Waals surface area contributed by atoms with Crippen LogP contribution in [0.3, 0.4) is 0 Å². The molecule has 2 aromatic rings. The van der Waals surface area contributed by atoms with E-state index < -0.39 is 0 Å². The molecule has 2 rings (SSSR count). The second kappa shape index (κ2) is 6.29. The third kappa shape index (κ3) is 3.72. The van der Waals surface area contributed by atoms with E-state index in [9.17, 15) is 0 Å². The van der Waals surface area contributed by atoms with E-state index in [2.05, 4.69) is 45.0 Å². The number of hydrogen-bond acceptors (Lipinski definition) is 1. The molecule has 1 unspecified atom stereocenters. The average molecular weight is 323 g/mol. The summed E-state index contributed by atoms with van der Waals surface area (Å²) in [7, 11) is 1.62. The van der Waals surface area contributed by atoms with Crippen molar-refractivity contribution in [3.8, 4) is 5.75 Å². The highest BCUT2D eigenvalue weighted by atomic mass is 35.5. The summed E-state index contributed by atoms with van der Waals surface area (Å²) in [6.07, 6.45) is 0. The maximum absolute atomic E-state index is 6.57. The Morgan fingerprint density at radius 1 is 1.00 bits per heavy atom. The van der Waals surface area contributed by atoms with E-state index in [-0.39, 0.29) is 10.8 Å². The van der Waals surface area contributed by atoms with Gasteiger partial charge in [0.25, 0.3) is 0 Å². The normalized spacial score (nSPS) is 13.0. The predicted molar refractivity (Wildman–Crippen MR) is 90.8 cm³/mol. The van der Waals surface area contributed by atoms with Crippen molar-refractivity contribution >= 4 is 23.2 Å². The Labute approximate surface area is 136 Å². The lowest BCUT2D eigenvalue weighted by Crippen LogP contribution is -2.10. The highest BCUT2D eigenvalue weighted by Crippen LogP contribution is 2.36. The van der Waals surface area contributed by atoms with Crippen molar-refractivity contribution in [3.63, 3.8) is 0 Å². The number of alkyl halides is 1. The first-order chi connectivity index (χ1) is 9.82. The summed E-state index contributed by atoms with van der Waals surface area (Å²) in [5, 5.41) is 0.353. The van der Waals surface area contributed by atoms with Gasteiger partial charge in [-0.3, -0.25) is 0 Å². The third-order valence-corrected chi connectivity index (χ3v) is 4.36. The molecule has 0 aliphatic rings. The number of rotatable bonds is 3. The quantitative estimate of drug-likeness (QED) is 0.632. The van der Waals surface area contributed by atoms with Gasteiger partial charge < -0.3 is 4.74 Å². The molecule has 2 aromatic carbocycles. The number of hydrogen-bond donors (Lipinski definition) is 0. The van der Waals surface area contributed by atoms with Gasteiger partial charge in [-0.2, -0.15) is 0 Å². The number of benzene rings is 2. The van der Waals surface area contributed by atoms with Crippen molar-refractivity contribution in [2.45, 2.75) is 31.6 Å². The molecule has 3 heteroatoms. The topological polar surface area (TPSA) is 9.23 Å². The van der Waals surface area contributed by atoms with Gasteiger partial charge in [-0.05, 0) is 34.2 Å². The molecule has 112 valence electrons. The molecule has 0 radical (unpaired) electrons. The van der Waals surface area contributed by atoms with Crippen LogP contribution in [0.2, 0.25) is 5.02 Å². The van der Waals surface area contributed by atoms with Gasteiger partial charge in [0.05, 0.1) is 12.5 Å². The van der Waals surface area contributed by atoms with Crippen molar-refractivity contribution in [2.75, 3.05) is 7.11 Å². The van der Waals surface area contributed by atoms with Crippen molar-refractivity contribution in [3.05, 3.63) is 64.2 Å². The van der Waals surface area contributed by atoms with E-state index in [1.165, 1.54) is 5.56 Å². The van der Waals surface area contributed by atoms with E-state index >= 15 is 0 Å². The summed E-state index contributed by atoms with van der Waals surface area (Å²) in [6, 6.07) is 14.0. The van der Waals surface area contributed by atoms with Crippen LogP contribution in [0.5, 0.6) is 5.75 Å². The number of ether oxygens (including phenoxy) is 1. The van der Waals surface area contributed by atoms with E-state index in [0.29, 0.717) is 5.02 Å². The van der Waals surface area contributed by atoms with Gasteiger partial charge in [-0.25, -0.2) is 0 Å². The van der Waals surface area contributed by atoms with Crippen LogP contribution >= 0.6 is 23.2 Å². The summed E-state index contributed by atoms with van der Waals surface area (Å²) in [6.45, 7) is 6.58. The molecule has 1 nitrogen and oxygen atoms in total. The summed E-state index contributed by atoms with van der Waals surface area (Å²) in [5.41, 5.74) is 3.35. The molecule has 21 heavy (non-hydrogen) atoms. The fourth-order valence-electron chi connectivity index (χ4n) is 2.17. The van der Waals surface area contributed by atoms with Crippen LogP contribution < -0.4 is 4.74 Å². The summed E-state index contributed by atoms with van der Waals surface area (Å²) < 4.78 is 5.16. The second-order valence-electron chi connectivity index (χ2n) is 6.12. The van der Waals surface area contributed by atoms with Crippen LogP contribution in [0.1, 0.15) is 42.8 Å². The predicted octanol–water partition coefficient (Wildman–Crippen LogP) is 5.97. The van der Waals surface area contributed by atoms with Gasteiger partial charge in [0.15, 0.2) is 0 Å². The van der Waals surface area contributed by atoms with Gasteiger partial charge in [-0.1, -0.05) is 62.7 Å². The molecule has 0 aromatic heterocycles. The summed E-state index contributed by atoms with van der Waals surface area (Å²) in [4.78, 5) is 0. The highest BCUT2D eigenvalue weighted by Gasteiger charge is 2.17. The van der Waals surface area contributed by atoms with Crippen molar-refractivity contribution in [1.82, 2.24) is 0 Å². The number of methoxy groups -OCH3 is 1. The Balaban J connectivity index is 2.30. The monoisotopic (exact) mass is 322 g/mol. The van der Waals surface area contributed by atoms with Crippen LogP contribution in [-0.2, 0) is 5.41 Å². The Hall–Kier alpha value is -1.18. The number of halogens is 2. The minimum absolute atomic E-state index is 0.137. The zero-order chi connectivity index (χ0) is 15.6. The van der Waals surface area contributed by atoms with Gasteiger partial charge in [-0.15, -0.1) is 11.6 Å². The SMILES string of the molecule is COc1ccc(C(Cl)c2ccc(C(C)(C)C)cc2)c(Cl)c1. The zero-order valence-electron chi connectivity index (χ0n) is 12.8. The van der Waals surface area contributed by atoms with E-state index in [1.54, 1.807) is 13.2 Å². The van der Waals surface area contributed by atoms with E-state index in [0.717, 1.165) is 16.9 Å². The first-order valence-electron chi connectivity index (χ1n) is 6.91. The third-order valence-electron chi connectivity index (χ3n) is 3.55. The maximum Gasteiger partial charge on any atom is 0.120 e. The molecule has 0 amide bonds. The molecule has 0 aliphatic carbocycles. The molecule has 0 heterocycles. The van der Waals surface area contributed by atoms with Gasteiger partial charge in [0.2, 0.25) is 0 Å². The van der Waals surface area contributed by atoms with Gasteiger partial charge >= 0.3 is 0 Å². The largest absolute Gasteiger partial charge is 0.497 e. The lowest BCUT2D eigenvalue weighted by atomic mass is 9.86. The average Bonchev–Trinajstić information content (AvgIpc) is 2.45. The molecule has 0 N–H and O–H groups in total. The summed E-state index contributed by atoms with van der Waals surface area (Å²) in [5.74, 6) is 0.732. The molecule has 0 aliphatic heterocycles. The van der Waals surface area contributed by atoms with Gasteiger partial charge in [0, 0.05) is 5.02 Å². The molecular weight excluding hydrogens is 303 g/mol. The molecule has 0 bridgehead atoms. The lowest BCUT2D eigenvalue weighted by Gasteiger charge is -2.20. The van der Waals surface area contributed by atoms with Gasteiger partial charge in [0.1, 0.15) is 5.75 Å². The minimum atomic E-state index is -0.266. The van der Waals surface area contributed by atoms with Crippen LogP contribution in [0.4, 0.5) is 0 Å². The molecule has 0 saturated heterocycles. The van der Waals surface area contributed by atoms with Crippen molar-refractivity contribution in [2.24, 2.45) is 0 Å². The lowest BCUT2D eigenvalue weighted by molar-refractivity contribution is 0.414. The van der Waals surface area contributed by atoms with Crippen LogP contribution in [0.15, 0.2) is 42.5 Å². The Bertz CT molecular complexity index is 612. The van der Waals surface area contributed by atoms with Crippen LogP contribution in [0.25, 0.3) is 0 Å². The highest BCUT2D eigenvalue weighted by molar-refractivity contribution is 6.33. The standard InChI is InChI=1S/C18H20Cl2O/c1-18(2,3)13-7-5-12(6-8-13)17(20)15-10-9-14(21-4)11-16(15)19/h5-11,17H,1-4H3. The molecule has 0 saturated carbocycles. The molecule has 0 spiro atoms. The second-order valence-corrected chi connectivity index (χ2v) is 6.97. The zero-order valence-corrected chi connectivity index (χ0v) is 14.3. The van der Waals surface area contributed by atoms with E-state index in [1.807, 2.05) is 12.1 Å². The first-order valence-corrected chi connectivity index (χ1v) is 7.72. The maximum atomic E-state index is 6.57. The summed E-state index contributed by atoms with van der Waals surface area (Å²) >= 11 is 12.9. The molecule has 0 fully saturated rings. The van der Waals surface area contributed by atoms with Crippen LogP contribution in [-0.4, -0.2) is 7.11 Å². The fraction of sp³-hybridized carbons (Fsp3) is 0.333. The first kappa shape index (κ1) is 16.2.